The highest BCUT2D eigenvalue weighted by molar-refractivity contribution is 5.84. The molecule has 0 spiro atoms. The Hall–Kier alpha value is -3.58. The van der Waals surface area contributed by atoms with E-state index < -0.39 is 11.7 Å². The predicted molar refractivity (Wildman–Crippen MR) is 121 cm³/mol. The van der Waals surface area contributed by atoms with E-state index in [9.17, 15) is 22.8 Å². The molecule has 0 saturated carbocycles. The molecule has 0 radical (unpaired) electrons. The van der Waals surface area contributed by atoms with E-state index in [0.29, 0.717) is 38.1 Å². The first-order valence-electron chi connectivity index (χ1n) is 11.0. The van der Waals surface area contributed by atoms with Crippen LogP contribution in [0.4, 0.5) is 19.1 Å². The number of benzene rings is 1. The number of nitrogens with one attached hydrogen (secondary N) is 2. The van der Waals surface area contributed by atoms with Crippen LogP contribution in [-0.2, 0) is 15.8 Å². The second-order valence-corrected chi connectivity index (χ2v) is 8.18. The SMILES string of the molecule is CC(CNOCC(=O)N1CCN(c2ncc(C(F)(F)F)cn2)CC1)c1cccc2c(=O)[nH]ncc12. The molecule has 1 unspecified atom stereocenters. The van der Waals surface area contributed by atoms with Crippen LogP contribution in [-0.4, -0.2) is 70.3 Å². The number of aromatic amines is 1. The molecule has 10 nitrogen and oxygen atoms in total. The van der Waals surface area contributed by atoms with Crippen molar-refractivity contribution < 1.29 is 22.8 Å². The summed E-state index contributed by atoms with van der Waals surface area (Å²) in [6.07, 6.45) is -1.36. The van der Waals surface area contributed by atoms with Crippen molar-refractivity contribution in [3.63, 3.8) is 0 Å². The minimum absolute atomic E-state index is 0.00955. The summed E-state index contributed by atoms with van der Waals surface area (Å²) in [7, 11) is 0. The van der Waals surface area contributed by atoms with Crippen molar-refractivity contribution in [3.05, 3.63) is 58.3 Å². The molecule has 2 N–H and O–H groups in total. The lowest BCUT2D eigenvalue weighted by Crippen LogP contribution is -2.50. The molecular formula is C22H24F3N7O3. The Morgan fingerprint density at radius 2 is 1.86 bits per heavy atom. The van der Waals surface area contributed by atoms with Gasteiger partial charge in [-0.3, -0.25) is 14.4 Å². The lowest BCUT2D eigenvalue weighted by atomic mass is 9.96. The van der Waals surface area contributed by atoms with E-state index >= 15 is 0 Å². The zero-order chi connectivity index (χ0) is 25.0. The second kappa shape index (κ2) is 10.4. The van der Waals surface area contributed by atoms with E-state index in [-0.39, 0.29) is 29.9 Å². The summed E-state index contributed by atoms with van der Waals surface area (Å²) in [5, 5.41) is 7.60. The quantitative estimate of drug-likeness (QED) is 0.379. The van der Waals surface area contributed by atoms with E-state index in [0.717, 1.165) is 23.3 Å². The summed E-state index contributed by atoms with van der Waals surface area (Å²) in [6, 6.07) is 5.46. The Morgan fingerprint density at radius 3 is 2.54 bits per heavy atom. The van der Waals surface area contributed by atoms with Gasteiger partial charge in [-0.1, -0.05) is 19.1 Å². The fourth-order valence-electron chi connectivity index (χ4n) is 3.86. The van der Waals surface area contributed by atoms with Crippen molar-refractivity contribution in [2.24, 2.45) is 0 Å². The van der Waals surface area contributed by atoms with Gasteiger partial charge in [0.15, 0.2) is 0 Å². The number of alkyl halides is 3. The van der Waals surface area contributed by atoms with Crippen molar-refractivity contribution in [2.45, 2.75) is 19.0 Å². The molecule has 1 amide bonds. The van der Waals surface area contributed by atoms with Crippen molar-refractivity contribution in [2.75, 3.05) is 44.2 Å². The molecule has 1 fully saturated rings. The molecule has 35 heavy (non-hydrogen) atoms. The molecule has 0 bridgehead atoms. The number of fused-ring (bicyclic) bond motifs is 1. The average Bonchev–Trinajstić information content (AvgIpc) is 2.86. The van der Waals surface area contributed by atoms with Crippen molar-refractivity contribution >= 4 is 22.6 Å². The lowest BCUT2D eigenvalue weighted by molar-refractivity contribution is -0.139. The average molecular weight is 491 g/mol. The van der Waals surface area contributed by atoms with Crippen LogP contribution in [0.3, 0.4) is 0 Å². The van der Waals surface area contributed by atoms with E-state index in [2.05, 4.69) is 25.6 Å². The van der Waals surface area contributed by atoms with Crippen LogP contribution in [0, 0.1) is 0 Å². The minimum atomic E-state index is -4.49. The van der Waals surface area contributed by atoms with Crippen molar-refractivity contribution in [3.8, 4) is 0 Å². The van der Waals surface area contributed by atoms with Gasteiger partial charge in [0.05, 0.1) is 17.1 Å². The van der Waals surface area contributed by atoms with Gasteiger partial charge < -0.3 is 9.80 Å². The van der Waals surface area contributed by atoms with Gasteiger partial charge in [-0.05, 0) is 17.5 Å². The maximum atomic E-state index is 12.7. The number of amides is 1. The van der Waals surface area contributed by atoms with E-state index in [4.69, 9.17) is 4.84 Å². The molecule has 1 atom stereocenters. The number of carbonyl (C=O) groups excluding carboxylic acids is 1. The maximum absolute atomic E-state index is 12.7. The molecule has 1 aromatic carbocycles. The standard InChI is InChI=1S/C22H24F3N7O3/c1-14(16-3-2-4-17-18(16)12-28-30-20(17)34)9-29-35-13-19(33)31-5-7-32(8-6-31)21-26-10-15(11-27-21)22(23,24)25/h2-4,10-12,14,29H,5-9,13H2,1H3,(H,30,34). The highest BCUT2D eigenvalue weighted by Gasteiger charge is 2.32. The first-order valence-corrected chi connectivity index (χ1v) is 11.0. The number of hydrogen-bond acceptors (Lipinski definition) is 8. The van der Waals surface area contributed by atoms with E-state index in [1.165, 1.54) is 0 Å². The highest BCUT2D eigenvalue weighted by Crippen LogP contribution is 2.28. The van der Waals surface area contributed by atoms with Gasteiger partial charge in [-0.25, -0.2) is 20.5 Å². The molecule has 0 aliphatic carbocycles. The number of rotatable bonds is 7. The Bertz CT molecular complexity index is 1230. The van der Waals surface area contributed by atoms with Crippen molar-refractivity contribution in [1.29, 1.82) is 0 Å². The number of nitrogens with zero attached hydrogens (tertiary/aromatic N) is 5. The predicted octanol–water partition coefficient (Wildman–Crippen LogP) is 1.71. The van der Waals surface area contributed by atoms with Gasteiger partial charge in [0.1, 0.15) is 6.61 Å². The number of piperazine rings is 1. The molecule has 1 saturated heterocycles. The van der Waals surface area contributed by atoms with Crippen LogP contribution in [0.1, 0.15) is 24.0 Å². The van der Waals surface area contributed by atoms with Gasteiger partial charge >= 0.3 is 6.18 Å². The van der Waals surface area contributed by atoms with Crippen LogP contribution in [0.25, 0.3) is 10.8 Å². The number of aromatic nitrogens is 4. The number of anilines is 1. The van der Waals surface area contributed by atoms with Crippen LogP contribution in [0.2, 0.25) is 0 Å². The molecule has 1 aliphatic heterocycles. The lowest BCUT2D eigenvalue weighted by Gasteiger charge is -2.34. The summed E-state index contributed by atoms with van der Waals surface area (Å²) < 4.78 is 38.0. The van der Waals surface area contributed by atoms with Gasteiger partial charge in [0, 0.05) is 50.5 Å². The first kappa shape index (κ1) is 24.5. The number of hydrogen-bond donors (Lipinski definition) is 2. The van der Waals surface area contributed by atoms with E-state index in [1.54, 1.807) is 22.1 Å². The normalized spacial score (nSPS) is 15.4. The number of halogens is 3. The Kier molecular flexibility index (Phi) is 7.26. The summed E-state index contributed by atoms with van der Waals surface area (Å²) in [5.74, 6) is -0.0219. The molecule has 3 aromatic rings. The maximum Gasteiger partial charge on any atom is 0.419 e. The topological polar surface area (TPSA) is 116 Å². The summed E-state index contributed by atoms with van der Waals surface area (Å²) in [4.78, 5) is 40.7. The molecule has 186 valence electrons. The van der Waals surface area contributed by atoms with Crippen LogP contribution in [0.15, 0.2) is 41.6 Å². The third kappa shape index (κ3) is 5.74. The number of hydroxylamine groups is 1. The van der Waals surface area contributed by atoms with Gasteiger partial charge in [0.25, 0.3) is 11.5 Å². The zero-order valence-electron chi connectivity index (χ0n) is 18.9. The van der Waals surface area contributed by atoms with E-state index in [1.807, 2.05) is 19.1 Å². The first-order chi connectivity index (χ1) is 16.7. The molecule has 3 heterocycles. The highest BCUT2D eigenvalue weighted by atomic mass is 19.4. The van der Waals surface area contributed by atoms with Gasteiger partial charge in [0.2, 0.25) is 5.95 Å². The van der Waals surface area contributed by atoms with Crippen LogP contribution in [0.5, 0.6) is 0 Å². The summed E-state index contributed by atoms with van der Waals surface area (Å²) >= 11 is 0. The number of carbonyl (C=O) groups is 1. The monoisotopic (exact) mass is 491 g/mol. The molecule has 1 aliphatic rings. The Labute approximate surface area is 198 Å². The third-order valence-electron chi connectivity index (χ3n) is 5.84. The van der Waals surface area contributed by atoms with Gasteiger partial charge in [-0.15, -0.1) is 0 Å². The zero-order valence-corrected chi connectivity index (χ0v) is 18.9. The third-order valence-corrected chi connectivity index (χ3v) is 5.84. The minimum Gasteiger partial charge on any atom is -0.337 e. The Morgan fingerprint density at radius 1 is 1.14 bits per heavy atom. The largest absolute Gasteiger partial charge is 0.419 e. The summed E-state index contributed by atoms with van der Waals surface area (Å²) in [5.41, 5.74) is 2.59. The second-order valence-electron chi connectivity index (χ2n) is 8.18. The van der Waals surface area contributed by atoms with Crippen molar-refractivity contribution in [1.82, 2.24) is 30.5 Å². The smallest absolute Gasteiger partial charge is 0.337 e. The Balaban J connectivity index is 1.22. The van der Waals surface area contributed by atoms with Gasteiger partial charge in [-0.2, -0.15) is 18.3 Å². The fraction of sp³-hybridized carbons (Fsp3) is 0.409. The van der Waals surface area contributed by atoms with Crippen LogP contribution < -0.4 is 15.9 Å². The molecule has 13 heteroatoms. The van der Waals surface area contributed by atoms with Crippen LogP contribution >= 0.6 is 0 Å². The molecular weight excluding hydrogens is 467 g/mol. The molecule has 2 aromatic heterocycles. The fourth-order valence-corrected chi connectivity index (χ4v) is 3.86. The summed E-state index contributed by atoms with van der Waals surface area (Å²) in [6.45, 7) is 3.77. The molecule has 4 rings (SSSR count). The number of H-pyrrole nitrogens is 1.